The maximum atomic E-state index is 6.05. The molecule has 0 fully saturated rings. The summed E-state index contributed by atoms with van der Waals surface area (Å²) in [5.41, 5.74) is 9.55. The molecule has 2 aromatic carbocycles. The van der Waals surface area contributed by atoms with Gasteiger partial charge in [0.2, 0.25) is 0 Å². The molecule has 0 heterocycles. The van der Waals surface area contributed by atoms with E-state index in [2.05, 4.69) is 59.3 Å². The average molecular weight is 348 g/mol. The van der Waals surface area contributed by atoms with Gasteiger partial charge in [-0.3, -0.25) is 0 Å². The maximum absolute atomic E-state index is 6.05. The summed E-state index contributed by atoms with van der Waals surface area (Å²) in [6.07, 6.45) is 1.73. The van der Waals surface area contributed by atoms with Crippen molar-refractivity contribution < 1.29 is 4.74 Å². The Morgan fingerprint density at radius 2 is 1.90 bits per heavy atom. The first-order chi connectivity index (χ1) is 10.1. The Kier molecular flexibility index (Phi) is 5.83. The average Bonchev–Trinajstić information content (AvgIpc) is 2.42. The number of halogens is 1. The molecule has 1 unspecified atom stereocenters. The van der Waals surface area contributed by atoms with Gasteiger partial charge in [-0.2, -0.15) is 0 Å². The van der Waals surface area contributed by atoms with Crippen molar-refractivity contribution in [2.45, 2.75) is 32.7 Å². The zero-order chi connectivity index (χ0) is 15.2. The second-order valence-corrected chi connectivity index (χ2v) is 6.39. The lowest BCUT2D eigenvalue weighted by Crippen LogP contribution is -2.19. The van der Waals surface area contributed by atoms with E-state index in [1.807, 2.05) is 13.0 Å². The predicted octanol–water partition coefficient (Wildman–Crippen LogP) is 4.27. The molecule has 3 heteroatoms. The normalized spacial score (nSPS) is 12.2. The molecule has 0 amide bonds. The van der Waals surface area contributed by atoms with Gasteiger partial charge in [0.15, 0.2) is 0 Å². The summed E-state index contributed by atoms with van der Waals surface area (Å²) < 4.78 is 7.13. The molecule has 21 heavy (non-hydrogen) atoms. The molecular formula is C18H22BrNO. The monoisotopic (exact) mass is 347 g/mol. The van der Waals surface area contributed by atoms with Crippen LogP contribution in [0, 0.1) is 6.92 Å². The van der Waals surface area contributed by atoms with Gasteiger partial charge in [-0.05, 0) is 49.1 Å². The van der Waals surface area contributed by atoms with Crippen LogP contribution >= 0.6 is 15.9 Å². The summed E-state index contributed by atoms with van der Waals surface area (Å²) in [4.78, 5) is 0. The van der Waals surface area contributed by atoms with Gasteiger partial charge in [0, 0.05) is 16.9 Å². The molecule has 2 aromatic rings. The van der Waals surface area contributed by atoms with E-state index in [4.69, 9.17) is 10.5 Å². The highest BCUT2D eigenvalue weighted by Gasteiger charge is 2.11. The Labute approximate surface area is 135 Å². The highest BCUT2D eigenvalue weighted by atomic mass is 79.9. The van der Waals surface area contributed by atoms with Crippen LogP contribution in [-0.4, -0.2) is 12.6 Å². The molecule has 2 nitrogen and oxygen atoms in total. The lowest BCUT2D eigenvalue weighted by atomic mass is 10.0. The second kappa shape index (κ2) is 7.62. The molecule has 0 bridgehead atoms. The van der Waals surface area contributed by atoms with Crippen LogP contribution in [0.1, 0.15) is 23.6 Å². The summed E-state index contributed by atoms with van der Waals surface area (Å²) in [5, 5.41) is 0. The number of benzene rings is 2. The maximum Gasteiger partial charge on any atom is 0.125 e. The van der Waals surface area contributed by atoms with Crippen LogP contribution < -0.4 is 10.5 Å². The molecule has 0 aliphatic carbocycles. The minimum atomic E-state index is 0.121. The number of rotatable bonds is 6. The van der Waals surface area contributed by atoms with Crippen LogP contribution in [0.5, 0.6) is 5.75 Å². The van der Waals surface area contributed by atoms with Gasteiger partial charge in [-0.25, -0.2) is 0 Å². The molecule has 112 valence electrons. The van der Waals surface area contributed by atoms with Crippen LogP contribution in [-0.2, 0) is 12.8 Å². The molecule has 0 aliphatic heterocycles. The van der Waals surface area contributed by atoms with Crippen molar-refractivity contribution in [3.63, 3.8) is 0 Å². The number of ether oxygens (including phenoxy) is 1. The minimum Gasteiger partial charge on any atom is -0.493 e. The van der Waals surface area contributed by atoms with E-state index in [0.717, 1.165) is 28.6 Å². The standard InChI is InChI=1S/C18H22BrNO/c1-13-10-17(19)12-16(11-14(2)20)18(13)21-9-8-15-6-4-3-5-7-15/h3-7,10,12,14H,8-9,11,20H2,1-2H3. The fourth-order valence-electron chi connectivity index (χ4n) is 2.42. The van der Waals surface area contributed by atoms with Crippen LogP contribution in [0.3, 0.4) is 0 Å². The van der Waals surface area contributed by atoms with Gasteiger partial charge < -0.3 is 10.5 Å². The fraction of sp³-hybridized carbons (Fsp3) is 0.333. The van der Waals surface area contributed by atoms with Gasteiger partial charge in [-0.1, -0.05) is 46.3 Å². The minimum absolute atomic E-state index is 0.121. The quantitative estimate of drug-likeness (QED) is 0.846. The van der Waals surface area contributed by atoms with Crippen molar-refractivity contribution in [3.8, 4) is 5.75 Å². The summed E-state index contributed by atoms with van der Waals surface area (Å²) in [7, 11) is 0. The van der Waals surface area contributed by atoms with E-state index < -0.39 is 0 Å². The molecular weight excluding hydrogens is 326 g/mol. The van der Waals surface area contributed by atoms with E-state index >= 15 is 0 Å². The Balaban J connectivity index is 2.08. The molecule has 2 rings (SSSR count). The summed E-state index contributed by atoms with van der Waals surface area (Å²) in [6.45, 7) is 4.77. The van der Waals surface area contributed by atoms with E-state index in [9.17, 15) is 0 Å². The first kappa shape index (κ1) is 16.1. The predicted molar refractivity (Wildman–Crippen MR) is 91.9 cm³/mol. The Morgan fingerprint density at radius 1 is 1.19 bits per heavy atom. The Morgan fingerprint density at radius 3 is 2.57 bits per heavy atom. The van der Waals surface area contributed by atoms with Crippen LogP contribution in [0.15, 0.2) is 46.9 Å². The lowest BCUT2D eigenvalue weighted by Gasteiger charge is -2.16. The topological polar surface area (TPSA) is 35.2 Å². The number of hydrogen-bond acceptors (Lipinski definition) is 2. The summed E-state index contributed by atoms with van der Waals surface area (Å²) in [6, 6.07) is 14.7. The van der Waals surface area contributed by atoms with Gasteiger partial charge in [0.1, 0.15) is 5.75 Å². The van der Waals surface area contributed by atoms with E-state index in [1.54, 1.807) is 0 Å². The highest BCUT2D eigenvalue weighted by Crippen LogP contribution is 2.29. The van der Waals surface area contributed by atoms with E-state index in [0.29, 0.717) is 6.61 Å². The third kappa shape index (κ3) is 4.87. The smallest absolute Gasteiger partial charge is 0.125 e. The van der Waals surface area contributed by atoms with Crippen molar-refractivity contribution in [2.24, 2.45) is 5.73 Å². The zero-order valence-corrected chi connectivity index (χ0v) is 14.2. The lowest BCUT2D eigenvalue weighted by molar-refractivity contribution is 0.315. The largest absolute Gasteiger partial charge is 0.493 e. The van der Waals surface area contributed by atoms with Crippen LogP contribution in [0.25, 0.3) is 0 Å². The molecule has 0 saturated carbocycles. The highest BCUT2D eigenvalue weighted by molar-refractivity contribution is 9.10. The summed E-state index contributed by atoms with van der Waals surface area (Å²) >= 11 is 3.55. The first-order valence-electron chi connectivity index (χ1n) is 7.27. The van der Waals surface area contributed by atoms with Gasteiger partial charge in [-0.15, -0.1) is 0 Å². The third-order valence-electron chi connectivity index (χ3n) is 3.34. The molecule has 0 aromatic heterocycles. The number of hydrogen-bond donors (Lipinski definition) is 1. The summed E-state index contributed by atoms with van der Waals surface area (Å²) in [5.74, 6) is 0.978. The van der Waals surface area contributed by atoms with Gasteiger partial charge in [0.05, 0.1) is 6.61 Å². The molecule has 0 saturated heterocycles. The van der Waals surface area contributed by atoms with Gasteiger partial charge in [0.25, 0.3) is 0 Å². The van der Waals surface area contributed by atoms with Crippen molar-refractivity contribution in [1.82, 2.24) is 0 Å². The van der Waals surface area contributed by atoms with E-state index in [-0.39, 0.29) is 6.04 Å². The van der Waals surface area contributed by atoms with E-state index in [1.165, 1.54) is 11.1 Å². The SMILES string of the molecule is Cc1cc(Br)cc(CC(C)N)c1OCCc1ccccc1. The van der Waals surface area contributed by atoms with Crippen molar-refractivity contribution in [2.75, 3.05) is 6.61 Å². The number of aryl methyl sites for hydroxylation is 1. The Bertz CT molecular complexity index is 581. The number of nitrogens with two attached hydrogens (primary N) is 1. The van der Waals surface area contributed by atoms with Crippen LogP contribution in [0.4, 0.5) is 0 Å². The first-order valence-corrected chi connectivity index (χ1v) is 8.07. The molecule has 0 aliphatic rings. The molecule has 2 N–H and O–H groups in total. The molecule has 0 radical (unpaired) electrons. The molecule has 1 atom stereocenters. The second-order valence-electron chi connectivity index (χ2n) is 5.48. The van der Waals surface area contributed by atoms with Crippen molar-refractivity contribution in [3.05, 3.63) is 63.6 Å². The fourth-order valence-corrected chi connectivity index (χ4v) is 3.04. The van der Waals surface area contributed by atoms with Crippen LogP contribution in [0.2, 0.25) is 0 Å². The Hall–Kier alpha value is -1.32. The third-order valence-corrected chi connectivity index (χ3v) is 3.80. The van der Waals surface area contributed by atoms with Gasteiger partial charge >= 0.3 is 0 Å². The molecule has 0 spiro atoms. The van der Waals surface area contributed by atoms with Crippen molar-refractivity contribution >= 4 is 15.9 Å². The zero-order valence-electron chi connectivity index (χ0n) is 12.6. The van der Waals surface area contributed by atoms with Crippen molar-refractivity contribution in [1.29, 1.82) is 0 Å².